The van der Waals surface area contributed by atoms with Crippen LogP contribution in [-0.4, -0.2) is 18.0 Å². The van der Waals surface area contributed by atoms with E-state index in [1.807, 2.05) is 66.7 Å². The summed E-state index contributed by atoms with van der Waals surface area (Å²) in [6.45, 7) is 0.516. The average molecular weight is 346 g/mol. The van der Waals surface area contributed by atoms with Gasteiger partial charge in [0, 0.05) is 13.6 Å². The lowest BCUT2D eigenvalue weighted by molar-refractivity contribution is -0.121. The number of hydrazine groups is 1. The standard InChI is InChI=1S/C22H19FN2O/c1-24(15-16-11-13-18(23)14-12-16)25-20-10-6-5-9-19(20)21(22(25)26)17-7-3-2-4-8-17/h2-14,21H,15H2,1H3/t21-/m0/s1. The van der Waals surface area contributed by atoms with E-state index in [1.165, 1.54) is 12.1 Å². The molecule has 3 aromatic carbocycles. The Labute approximate surface area is 152 Å². The maximum absolute atomic E-state index is 13.3. The molecule has 1 aliphatic rings. The van der Waals surface area contributed by atoms with Crippen LogP contribution < -0.4 is 5.01 Å². The molecule has 130 valence electrons. The summed E-state index contributed by atoms with van der Waals surface area (Å²) in [6.07, 6.45) is 0. The van der Waals surface area contributed by atoms with Crippen LogP contribution in [0.25, 0.3) is 0 Å². The number of nitrogens with zero attached hydrogens (tertiary/aromatic N) is 2. The summed E-state index contributed by atoms with van der Waals surface area (Å²) in [5.74, 6) is -0.534. The molecule has 0 spiro atoms. The van der Waals surface area contributed by atoms with Gasteiger partial charge in [-0.25, -0.2) is 14.4 Å². The van der Waals surface area contributed by atoms with Crippen molar-refractivity contribution in [2.75, 3.05) is 12.1 Å². The van der Waals surface area contributed by atoms with Crippen LogP contribution in [0.1, 0.15) is 22.6 Å². The van der Waals surface area contributed by atoms with Gasteiger partial charge in [-0.3, -0.25) is 4.79 Å². The van der Waals surface area contributed by atoms with Crippen LogP contribution in [0.5, 0.6) is 0 Å². The van der Waals surface area contributed by atoms with Gasteiger partial charge in [0.05, 0.1) is 11.6 Å². The normalized spacial score (nSPS) is 16.2. The zero-order valence-electron chi connectivity index (χ0n) is 14.5. The minimum absolute atomic E-state index is 0.0296. The molecular formula is C22H19FN2O. The smallest absolute Gasteiger partial charge is 0.253 e. The van der Waals surface area contributed by atoms with Crippen molar-refractivity contribution < 1.29 is 9.18 Å². The predicted molar refractivity (Wildman–Crippen MR) is 100 cm³/mol. The van der Waals surface area contributed by atoms with E-state index in [-0.39, 0.29) is 17.6 Å². The molecule has 0 aromatic heterocycles. The van der Waals surface area contributed by atoms with Crippen molar-refractivity contribution >= 4 is 11.6 Å². The van der Waals surface area contributed by atoms with Gasteiger partial charge in [0.15, 0.2) is 0 Å². The third-order valence-electron chi connectivity index (χ3n) is 4.73. The maximum Gasteiger partial charge on any atom is 0.253 e. The number of anilines is 1. The molecule has 0 radical (unpaired) electrons. The van der Waals surface area contributed by atoms with Gasteiger partial charge in [0.25, 0.3) is 5.91 Å². The number of fused-ring (bicyclic) bond motifs is 1. The van der Waals surface area contributed by atoms with Crippen molar-refractivity contribution in [1.29, 1.82) is 0 Å². The molecule has 26 heavy (non-hydrogen) atoms. The van der Waals surface area contributed by atoms with Crippen molar-refractivity contribution in [2.24, 2.45) is 0 Å². The van der Waals surface area contributed by atoms with Crippen LogP contribution in [0.3, 0.4) is 0 Å². The van der Waals surface area contributed by atoms with Gasteiger partial charge in [0.2, 0.25) is 0 Å². The van der Waals surface area contributed by atoms with Crippen LogP contribution in [-0.2, 0) is 11.3 Å². The summed E-state index contributed by atoms with van der Waals surface area (Å²) in [5.41, 5.74) is 3.84. The highest BCUT2D eigenvalue weighted by atomic mass is 19.1. The van der Waals surface area contributed by atoms with Gasteiger partial charge in [-0.05, 0) is 34.9 Å². The third kappa shape index (κ3) is 2.89. The predicted octanol–water partition coefficient (Wildman–Crippen LogP) is 4.35. The van der Waals surface area contributed by atoms with Crippen molar-refractivity contribution in [1.82, 2.24) is 5.01 Å². The van der Waals surface area contributed by atoms with Crippen molar-refractivity contribution in [2.45, 2.75) is 12.5 Å². The molecule has 1 amide bonds. The minimum Gasteiger partial charge on any atom is -0.272 e. The lowest BCUT2D eigenvalue weighted by atomic mass is 9.93. The van der Waals surface area contributed by atoms with Crippen LogP contribution in [0.4, 0.5) is 10.1 Å². The summed E-state index contributed by atoms with van der Waals surface area (Å²) >= 11 is 0. The Morgan fingerprint density at radius 3 is 2.31 bits per heavy atom. The van der Waals surface area contributed by atoms with Gasteiger partial charge >= 0.3 is 0 Å². The van der Waals surface area contributed by atoms with Gasteiger partial charge in [0.1, 0.15) is 5.82 Å². The zero-order valence-corrected chi connectivity index (χ0v) is 14.5. The molecule has 0 aliphatic carbocycles. The van der Waals surface area contributed by atoms with Gasteiger partial charge in [-0.1, -0.05) is 60.7 Å². The highest BCUT2D eigenvalue weighted by Gasteiger charge is 2.39. The van der Waals surface area contributed by atoms with Crippen LogP contribution in [0.15, 0.2) is 78.9 Å². The summed E-state index contributed by atoms with van der Waals surface area (Å²) in [4.78, 5) is 13.3. The fourth-order valence-corrected chi connectivity index (χ4v) is 3.54. The van der Waals surface area contributed by atoms with Crippen molar-refractivity contribution in [3.05, 3.63) is 101 Å². The Bertz CT molecular complexity index is 924. The van der Waals surface area contributed by atoms with E-state index < -0.39 is 0 Å². The number of halogens is 1. The number of carbonyl (C=O) groups is 1. The second-order valence-electron chi connectivity index (χ2n) is 6.49. The van der Waals surface area contributed by atoms with E-state index in [2.05, 4.69) is 0 Å². The first kappa shape index (κ1) is 16.5. The van der Waals surface area contributed by atoms with Crippen LogP contribution in [0.2, 0.25) is 0 Å². The molecule has 0 N–H and O–H groups in total. The fourth-order valence-electron chi connectivity index (χ4n) is 3.54. The quantitative estimate of drug-likeness (QED) is 0.701. The van der Waals surface area contributed by atoms with Crippen molar-refractivity contribution in [3.8, 4) is 0 Å². The van der Waals surface area contributed by atoms with Gasteiger partial charge in [-0.2, -0.15) is 0 Å². The Morgan fingerprint density at radius 1 is 0.923 bits per heavy atom. The number of hydrogen-bond donors (Lipinski definition) is 0. The molecule has 0 unspecified atom stereocenters. The summed E-state index contributed by atoms with van der Waals surface area (Å²) in [7, 11) is 1.88. The van der Waals surface area contributed by atoms with Crippen molar-refractivity contribution in [3.63, 3.8) is 0 Å². The zero-order chi connectivity index (χ0) is 18.1. The summed E-state index contributed by atoms with van der Waals surface area (Å²) < 4.78 is 13.1. The van der Waals surface area contributed by atoms with E-state index in [4.69, 9.17) is 0 Å². The second kappa shape index (κ2) is 6.73. The molecule has 1 heterocycles. The fraction of sp³-hybridized carbons (Fsp3) is 0.136. The van der Waals surface area contributed by atoms with E-state index >= 15 is 0 Å². The first-order valence-corrected chi connectivity index (χ1v) is 8.58. The Morgan fingerprint density at radius 2 is 1.58 bits per heavy atom. The molecular weight excluding hydrogens is 327 g/mol. The molecule has 4 heteroatoms. The molecule has 3 aromatic rings. The lowest BCUT2D eigenvalue weighted by Crippen LogP contribution is -2.42. The molecule has 1 aliphatic heterocycles. The second-order valence-corrected chi connectivity index (χ2v) is 6.49. The molecule has 0 saturated heterocycles. The minimum atomic E-state index is -0.303. The Balaban J connectivity index is 1.68. The van der Waals surface area contributed by atoms with Gasteiger partial charge < -0.3 is 0 Å². The number of amides is 1. The number of para-hydroxylation sites is 1. The van der Waals surface area contributed by atoms with Gasteiger partial charge in [-0.15, -0.1) is 0 Å². The first-order chi connectivity index (χ1) is 12.6. The van der Waals surface area contributed by atoms with E-state index in [0.29, 0.717) is 6.54 Å². The monoisotopic (exact) mass is 346 g/mol. The highest BCUT2D eigenvalue weighted by molar-refractivity contribution is 6.06. The summed E-state index contributed by atoms with van der Waals surface area (Å²) in [5, 5.41) is 3.62. The lowest BCUT2D eigenvalue weighted by Gasteiger charge is -2.29. The third-order valence-corrected chi connectivity index (χ3v) is 4.73. The largest absolute Gasteiger partial charge is 0.272 e. The first-order valence-electron chi connectivity index (χ1n) is 8.58. The Hall–Kier alpha value is -2.98. The molecule has 3 nitrogen and oxygen atoms in total. The van der Waals surface area contributed by atoms with E-state index in [0.717, 1.165) is 22.4 Å². The molecule has 0 bridgehead atoms. The molecule has 0 saturated carbocycles. The molecule has 1 atom stereocenters. The number of carbonyl (C=O) groups excluding carboxylic acids is 1. The van der Waals surface area contributed by atoms with Crippen LogP contribution >= 0.6 is 0 Å². The van der Waals surface area contributed by atoms with Crippen LogP contribution in [0, 0.1) is 5.82 Å². The SMILES string of the molecule is CN(Cc1ccc(F)cc1)N1C(=O)[C@@H](c2ccccc2)c2ccccc21. The average Bonchev–Trinajstić information content (AvgIpc) is 2.96. The number of rotatable bonds is 4. The Kier molecular flexibility index (Phi) is 4.27. The summed E-state index contributed by atoms with van der Waals surface area (Å²) in [6, 6.07) is 24.1. The number of hydrogen-bond acceptors (Lipinski definition) is 2. The van der Waals surface area contributed by atoms with E-state index in [9.17, 15) is 9.18 Å². The van der Waals surface area contributed by atoms with E-state index in [1.54, 1.807) is 17.1 Å². The molecule has 0 fully saturated rings. The maximum atomic E-state index is 13.3. The topological polar surface area (TPSA) is 23.6 Å². The highest BCUT2D eigenvalue weighted by Crippen LogP contribution is 2.41. The molecule has 4 rings (SSSR count). The number of benzene rings is 3.